The van der Waals surface area contributed by atoms with Gasteiger partial charge >= 0.3 is 0 Å². The van der Waals surface area contributed by atoms with Crippen LogP contribution in [-0.4, -0.2) is 12.0 Å². The summed E-state index contributed by atoms with van der Waals surface area (Å²) in [5.74, 6) is 1.98. The van der Waals surface area contributed by atoms with Gasteiger partial charge in [0.15, 0.2) is 0 Å². The molecule has 1 nitrogen and oxygen atoms in total. The van der Waals surface area contributed by atoms with E-state index in [0.717, 1.165) is 23.1 Å². The van der Waals surface area contributed by atoms with Crippen LogP contribution in [0.1, 0.15) is 29.0 Å². The largest absolute Gasteiger partial charge is 0.490 e. The SMILES string of the molecule is Cc1ccc2c(c1)CC(CC(CCl)c1cccc(Br)c1)O2. The molecule has 0 fully saturated rings. The standard InChI is InChI=1S/C18H18BrClO/c1-12-5-6-18-14(7-12)9-17(21-18)10-15(11-20)13-3-2-4-16(19)8-13/h2-8,15,17H,9-11H2,1H3. The predicted octanol–water partition coefficient (Wildman–Crippen LogP) is 5.47. The summed E-state index contributed by atoms with van der Waals surface area (Å²) in [5.41, 5.74) is 3.89. The van der Waals surface area contributed by atoms with Crippen LogP contribution in [0.15, 0.2) is 46.9 Å². The first kappa shape index (κ1) is 14.9. The van der Waals surface area contributed by atoms with Gasteiger partial charge in [0.2, 0.25) is 0 Å². The zero-order valence-corrected chi connectivity index (χ0v) is 14.3. The maximum atomic E-state index is 6.20. The van der Waals surface area contributed by atoms with Crippen LogP contribution in [0, 0.1) is 6.92 Å². The smallest absolute Gasteiger partial charge is 0.123 e. The van der Waals surface area contributed by atoms with Crippen molar-refractivity contribution in [2.75, 3.05) is 5.88 Å². The Balaban J connectivity index is 1.72. The molecule has 0 radical (unpaired) electrons. The van der Waals surface area contributed by atoms with Crippen molar-refractivity contribution in [2.45, 2.75) is 31.8 Å². The van der Waals surface area contributed by atoms with E-state index in [1.165, 1.54) is 16.7 Å². The third-order valence-corrected chi connectivity index (χ3v) is 4.88. The molecule has 0 saturated heterocycles. The summed E-state index contributed by atoms with van der Waals surface area (Å²) in [6.45, 7) is 2.12. The van der Waals surface area contributed by atoms with Crippen LogP contribution in [-0.2, 0) is 6.42 Å². The van der Waals surface area contributed by atoms with Crippen molar-refractivity contribution >= 4 is 27.5 Å². The molecular formula is C18H18BrClO. The molecule has 2 aromatic rings. The van der Waals surface area contributed by atoms with Gasteiger partial charge in [-0.2, -0.15) is 0 Å². The molecule has 110 valence electrons. The number of hydrogen-bond donors (Lipinski definition) is 0. The molecule has 1 aliphatic heterocycles. The molecule has 3 heteroatoms. The number of alkyl halides is 1. The maximum Gasteiger partial charge on any atom is 0.123 e. The van der Waals surface area contributed by atoms with E-state index >= 15 is 0 Å². The molecule has 0 aliphatic carbocycles. The van der Waals surface area contributed by atoms with Crippen molar-refractivity contribution in [3.8, 4) is 5.75 Å². The van der Waals surface area contributed by atoms with Crippen LogP contribution in [0.4, 0.5) is 0 Å². The monoisotopic (exact) mass is 364 g/mol. The summed E-state index contributed by atoms with van der Waals surface area (Å²) >= 11 is 9.73. The number of benzene rings is 2. The van der Waals surface area contributed by atoms with Crippen LogP contribution in [0.5, 0.6) is 5.75 Å². The predicted molar refractivity (Wildman–Crippen MR) is 91.5 cm³/mol. The number of hydrogen-bond acceptors (Lipinski definition) is 1. The van der Waals surface area contributed by atoms with E-state index in [4.69, 9.17) is 16.3 Å². The average Bonchev–Trinajstić information content (AvgIpc) is 2.86. The van der Waals surface area contributed by atoms with Gasteiger partial charge in [-0.25, -0.2) is 0 Å². The van der Waals surface area contributed by atoms with E-state index < -0.39 is 0 Å². The van der Waals surface area contributed by atoms with Crippen LogP contribution in [0.25, 0.3) is 0 Å². The molecule has 1 aliphatic rings. The maximum absolute atomic E-state index is 6.20. The zero-order chi connectivity index (χ0) is 14.8. The Morgan fingerprint density at radius 2 is 2.14 bits per heavy atom. The number of fused-ring (bicyclic) bond motifs is 1. The highest BCUT2D eigenvalue weighted by molar-refractivity contribution is 9.10. The highest BCUT2D eigenvalue weighted by Crippen LogP contribution is 2.34. The Hall–Kier alpha value is -0.990. The summed E-state index contributed by atoms with van der Waals surface area (Å²) < 4.78 is 7.17. The quantitative estimate of drug-likeness (QED) is 0.652. The minimum atomic E-state index is 0.226. The van der Waals surface area contributed by atoms with Gasteiger partial charge in [0.1, 0.15) is 11.9 Å². The van der Waals surface area contributed by atoms with E-state index in [1.807, 2.05) is 6.07 Å². The van der Waals surface area contributed by atoms with Gasteiger partial charge in [-0.3, -0.25) is 0 Å². The van der Waals surface area contributed by atoms with Gasteiger partial charge in [0.25, 0.3) is 0 Å². The highest BCUT2D eigenvalue weighted by Gasteiger charge is 2.26. The Morgan fingerprint density at radius 3 is 2.90 bits per heavy atom. The van der Waals surface area contributed by atoms with E-state index in [0.29, 0.717) is 11.8 Å². The molecule has 0 aromatic heterocycles. The van der Waals surface area contributed by atoms with Crippen LogP contribution < -0.4 is 4.74 Å². The first-order chi connectivity index (χ1) is 10.2. The van der Waals surface area contributed by atoms with Gasteiger partial charge in [0, 0.05) is 22.7 Å². The molecule has 2 aromatic carbocycles. The van der Waals surface area contributed by atoms with E-state index in [1.54, 1.807) is 0 Å². The lowest BCUT2D eigenvalue weighted by Crippen LogP contribution is -2.18. The Bertz CT molecular complexity index is 641. The third-order valence-electron chi connectivity index (χ3n) is 4.01. The number of halogens is 2. The minimum absolute atomic E-state index is 0.226. The fourth-order valence-corrected chi connectivity index (χ4v) is 3.67. The molecule has 0 saturated carbocycles. The second kappa shape index (κ2) is 6.41. The van der Waals surface area contributed by atoms with Gasteiger partial charge in [-0.05, 0) is 42.7 Å². The van der Waals surface area contributed by atoms with Crippen LogP contribution in [0.2, 0.25) is 0 Å². The second-order valence-electron chi connectivity index (χ2n) is 5.70. The molecule has 3 rings (SSSR count). The van der Waals surface area contributed by atoms with Crippen LogP contribution >= 0.6 is 27.5 Å². The fourth-order valence-electron chi connectivity index (χ4n) is 2.95. The molecule has 0 amide bonds. The summed E-state index contributed by atoms with van der Waals surface area (Å²) in [6, 6.07) is 14.8. The van der Waals surface area contributed by atoms with Crippen molar-refractivity contribution in [1.82, 2.24) is 0 Å². The van der Waals surface area contributed by atoms with E-state index in [2.05, 4.69) is 59.3 Å². The van der Waals surface area contributed by atoms with Crippen molar-refractivity contribution in [3.63, 3.8) is 0 Å². The first-order valence-electron chi connectivity index (χ1n) is 7.23. The van der Waals surface area contributed by atoms with Gasteiger partial charge in [0.05, 0.1) is 0 Å². The van der Waals surface area contributed by atoms with Gasteiger partial charge in [-0.1, -0.05) is 45.8 Å². The summed E-state index contributed by atoms with van der Waals surface area (Å²) in [5, 5.41) is 0. The fraction of sp³-hybridized carbons (Fsp3) is 0.333. The highest BCUT2D eigenvalue weighted by atomic mass is 79.9. The van der Waals surface area contributed by atoms with Crippen molar-refractivity contribution in [3.05, 3.63) is 63.6 Å². The molecule has 1 heterocycles. The summed E-state index contributed by atoms with van der Waals surface area (Å²) in [7, 11) is 0. The lowest BCUT2D eigenvalue weighted by atomic mass is 9.93. The van der Waals surface area contributed by atoms with Crippen molar-refractivity contribution in [2.24, 2.45) is 0 Å². The molecule has 2 atom stereocenters. The lowest BCUT2D eigenvalue weighted by molar-refractivity contribution is 0.213. The Morgan fingerprint density at radius 1 is 1.29 bits per heavy atom. The molecule has 0 spiro atoms. The molecule has 2 unspecified atom stereocenters. The van der Waals surface area contributed by atoms with Gasteiger partial charge < -0.3 is 4.74 Å². The van der Waals surface area contributed by atoms with Crippen molar-refractivity contribution < 1.29 is 4.74 Å². The summed E-state index contributed by atoms with van der Waals surface area (Å²) in [6.07, 6.45) is 2.16. The number of rotatable bonds is 4. The third kappa shape index (κ3) is 3.44. The van der Waals surface area contributed by atoms with E-state index in [-0.39, 0.29) is 6.10 Å². The Kier molecular flexibility index (Phi) is 4.56. The molecule has 0 bridgehead atoms. The first-order valence-corrected chi connectivity index (χ1v) is 8.56. The lowest BCUT2D eigenvalue weighted by Gasteiger charge is -2.19. The van der Waals surface area contributed by atoms with E-state index in [9.17, 15) is 0 Å². The minimum Gasteiger partial charge on any atom is -0.490 e. The van der Waals surface area contributed by atoms with Crippen LogP contribution in [0.3, 0.4) is 0 Å². The molecule has 0 N–H and O–H groups in total. The van der Waals surface area contributed by atoms with Crippen molar-refractivity contribution in [1.29, 1.82) is 0 Å². The molecular weight excluding hydrogens is 348 g/mol. The molecule has 21 heavy (non-hydrogen) atoms. The normalized spacial score (nSPS) is 18.1. The summed E-state index contributed by atoms with van der Waals surface area (Å²) in [4.78, 5) is 0. The number of aryl methyl sites for hydroxylation is 1. The van der Waals surface area contributed by atoms with Gasteiger partial charge in [-0.15, -0.1) is 11.6 Å². The zero-order valence-electron chi connectivity index (χ0n) is 12.0. The average molecular weight is 366 g/mol. The topological polar surface area (TPSA) is 9.23 Å². The second-order valence-corrected chi connectivity index (χ2v) is 6.92. The number of ether oxygens (including phenoxy) is 1. The Labute approximate surface area is 139 Å².